The van der Waals surface area contributed by atoms with Crippen LogP contribution in [0.1, 0.15) is 37.8 Å². The Kier molecular flexibility index (Phi) is 7.19. The maximum absolute atomic E-state index is 4.92. The SMILES string of the molecule is CN=C(NCCC1CC2CCC1C2)N1CCN(Cc2ccon2)CC1.I. The molecule has 4 rings (SSSR count). The number of fused-ring (bicyclic) bond motifs is 2. The summed E-state index contributed by atoms with van der Waals surface area (Å²) in [6, 6.07) is 1.95. The van der Waals surface area contributed by atoms with Crippen molar-refractivity contribution in [1.29, 1.82) is 0 Å². The fourth-order valence-electron chi connectivity index (χ4n) is 5.10. The van der Waals surface area contributed by atoms with Crippen LogP contribution in [-0.2, 0) is 6.54 Å². The van der Waals surface area contributed by atoms with Crippen molar-refractivity contribution >= 4 is 29.9 Å². The van der Waals surface area contributed by atoms with Crippen molar-refractivity contribution in [2.75, 3.05) is 39.8 Å². The van der Waals surface area contributed by atoms with Crippen LogP contribution < -0.4 is 5.32 Å². The molecule has 2 heterocycles. The van der Waals surface area contributed by atoms with E-state index in [9.17, 15) is 0 Å². The average molecular weight is 473 g/mol. The summed E-state index contributed by atoms with van der Waals surface area (Å²) in [4.78, 5) is 9.33. The number of guanidine groups is 1. The van der Waals surface area contributed by atoms with Crippen molar-refractivity contribution in [2.45, 2.75) is 38.6 Å². The summed E-state index contributed by atoms with van der Waals surface area (Å²) in [6.07, 6.45) is 8.92. The smallest absolute Gasteiger partial charge is 0.193 e. The maximum Gasteiger partial charge on any atom is 0.193 e. The van der Waals surface area contributed by atoms with Crippen LogP contribution >= 0.6 is 24.0 Å². The van der Waals surface area contributed by atoms with Gasteiger partial charge < -0.3 is 14.7 Å². The third kappa shape index (κ3) is 4.71. The van der Waals surface area contributed by atoms with E-state index < -0.39 is 0 Å². The first-order chi connectivity index (χ1) is 12.3. The van der Waals surface area contributed by atoms with Crippen molar-refractivity contribution in [3.05, 3.63) is 18.0 Å². The van der Waals surface area contributed by atoms with E-state index in [2.05, 4.69) is 25.3 Å². The standard InChI is InChI=1S/C19H31N5O.HI/c1-20-19(21-6-4-17-13-15-2-3-16(17)12-15)24-9-7-23(8-10-24)14-18-5-11-25-22-18;/h5,11,15-17H,2-4,6-10,12-14H2,1H3,(H,20,21);1H. The van der Waals surface area contributed by atoms with E-state index in [1.54, 1.807) is 6.26 Å². The minimum Gasteiger partial charge on any atom is -0.364 e. The average Bonchev–Trinajstić information content (AvgIpc) is 3.38. The van der Waals surface area contributed by atoms with Gasteiger partial charge in [0, 0.05) is 52.4 Å². The molecule has 26 heavy (non-hydrogen) atoms. The molecule has 1 aromatic heterocycles. The summed E-state index contributed by atoms with van der Waals surface area (Å²) >= 11 is 0. The van der Waals surface area contributed by atoms with Gasteiger partial charge in [-0.15, -0.1) is 24.0 Å². The van der Waals surface area contributed by atoms with Gasteiger partial charge in [-0.2, -0.15) is 0 Å². The number of aromatic nitrogens is 1. The van der Waals surface area contributed by atoms with E-state index in [1.165, 1.54) is 32.1 Å². The van der Waals surface area contributed by atoms with Crippen LogP contribution in [0.5, 0.6) is 0 Å². The van der Waals surface area contributed by atoms with Gasteiger partial charge in [0.2, 0.25) is 0 Å². The number of piperazine rings is 1. The molecule has 6 nitrogen and oxygen atoms in total. The van der Waals surface area contributed by atoms with Gasteiger partial charge in [0.15, 0.2) is 5.96 Å². The summed E-state index contributed by atoms with van der Waals surface area (Å²) in [5.74, 6) is 4.11. The minimum absolute atomic E-state index is 0. The molecule has 7 heteroatoms. The Morgan fingerprint density at radius 2 is 2.12 bits per heavy atom. The molecule has 1 aromatic rings. The Balaban J connectivity index is 0.00000196. The second kappa shape index (κ2) is 9.39. The van der Waals surface area contributed by atoms with Crippen LogP contribution in [0, 0.1) is 17.8 Å². The molecular formula is C19H32IN5O. The number of halogens is 1. The third-order valence-corrected chi connectivity index (χ3v) is 6.44. The van der Waals surface area contributed by atoms with Crippen molar-refractivity contribution in [3.8, 4) is 0 Å². The number of nitrogens with zero attached hydrogens (tertiary/aromatic N) is 4. The van der Waals surface area contributed by atoms with Gasteiger partial charge in [0.25, 0.3) is 0 Å². The zero-order chi connectivity index (χ0) is 17.1. The molecule has 2 aliphatic carbocycles. The number of hydrogen-bond donors (Lipinski definition) is 1. The van der Waals surface area contributed by atoms with Gasteiger partial charge in [-0.3, -0.25) is 9.89 Å². The minimum atomic E-state index is 0. The summed E-state index contributed by atoms with van der Waals surface area (Å²) in [5, 5.41) is 7.62. The molecule has 3 fully saturated rings. The lowest BCUT2D eigenvalue weighted by Gasteiger charge is -2.36. The quantitative estimate of drug-likeness (QED) is 0.405. The normalized spacial score (nSPS) is 29.0. The lowest BCUT2D eigenvalue weighted by molar-refractivity contribution is 0.169. The fourth-order valence-corrected chi connectivity index (χ4v) is 5.10. The maximum atomic E-state index is 4.92. The van der Waals surface area contributed by atoms with E-state index in [0.29, 0.717) is 0 Å². The largest absolute Gasteiger partial charge is 0.364 e. The van der Waals surface area contributed by atoms with Crippen LogP contribution in [0.25, 0.3) is 0 Å². The Labute approximate surface area is 173 Å². The van der Waals surface area contributed by atoms with Crippen LogP contribution in [0.4, 0.5) is 0 Å². The molecule has 1 N–H and O–H groups in total. The molecule has 3 unspecified atom stereocenters. The number of hydrogen-bond acceptors (Lipinski definition) is 4. The lowest BCUT2D eigenvalue weighted by atomic mass is 9.86. The highest BCUT2D eigenvalue weighted by Crippen LogP contribution is 2.49. The summed E-state index contributed by atoms with van der Waals surface area (Å²) in [6.45, 7) is 6.07. The van der Waals surface area contributed by atoms with Crippen LogP contribution in [0.15, 0.2) is 21.8 Å². The Hall–Kier alpha value is -0.830. The van der Waals surface area contributed by atoms with E-state index in [1.807, 2.05) is 13.1 Å². The number of aliphatic imine (C=N–C) groups is 1. The molecule has 2 saturated carbocycles. The molecule has 0 amide bonds. The molecule has 1 aliphatic heterocycles. The topological polar surface area (TPSA) is 56.9 Å². The molecule has 2 bridgehead atoms. The van der Waals surface area contributed by atoms with Crippen molar-refractivity contribution in [2.24, 2.45) is 22.7 Å². The summed E-state index contributed by atoms with van der Waals surface area (Å²) in [7, 11) is 1.90. The number of nitrogens with one attached hydrogen (secondary N) is 1. The highest BCUT2D eigenvalue weighted by Gasteiger charge is 2.38. The van der Waals surface area contributed by atoms with E-state index in [-0.39, 0.29) is 24.0 Å². The first-order valence-electron chi connectivity index (χ1n) is 9.89. The predicted octanol–water partition coefficient (Wildman–Crippen LogP) is 2.81. The Bertz CT molecular complexity index is 570. The van der Waals surface area contributed by atoms with Gasteiger partial charge in [-0.05, 0) is 43.4 Å². The second-order valence-electron chi connectivity index (χ2n) is 7.95. The Morgan fingerprint density at radius 3 is 2.73 bits per heavy atom. The lowest BCUT2D eigenvalue weighted by Crippen LogP contribution is -2.52. The van der Waals surface area contributed by atoms with Crippen LogP contribution in [0.2, 0.25) is 0 Å². The molecule has 3 aliphatic rings. The summed E-state index contributed by atoms with van der Waals surface area (Å²) in [5.41, 5.74) is 1.02. The van der Waals surface area contributed by atoms with Crippen LogP contribution in [-0.4, -0.2) is 60.7 Å². The zero-order valence-electron chi connectivity index (χ0n) is 15.8. The van der Waals surface area contributed by atoms with E-state index in [0.717, 1.165) is 68.7 Å². The molecule has 0 radical (unpaired) electrons. The van der Waals surface area contributed by atoms with Gasteiger partial charge in [0.05, 0.1) is 5.69 Å². The van der Waals surface area contributed by atoms with Crippen molar-refractivity contribution in [3.63, 3.8) is 0 Å². The third-order valence-electron chi connectivity index (χ3n) is 6.44. The molecule has 1 saturated heterocycles. The first-order valence-corrected chi connectivity index (χ1v) is 9.89. The number of rotatable bonds is 5. The van der Waals surface area contributed by atoms with Gasteiger partial charge in [-0.1, -0.05) is 11.6 Å². The highest BCUT2D eigenvalue weighted by molar-refractivity contribution is 14.0. The highest BCUT2D eigenvalue weighted by atomic mass is 127. The fraction of sp³-hybridized carbons (Fsp3) is 0.789. The van der Waals surface area contributed by atoms with Gasteiger partial charge >= 0.3 is 0 Å². The van der Waals surface area contributed by atoms with Crippen molar-refractivity contribution < 1.29 is 4.52 Å². The molecule has 3 atom stereocenters. The summed E-state index contributed by atoms with van der Waals surface area (Å²) < 4.78 is 4.92. The Morgan fingerprint density at radius 1 is 1.27 bits per heavy atom. The van der Waals surface area contributed by atoms with Crippen LogP contribution in [0.3, 0.4) is 0 Å². The first kappa shape index (κ1) is 19.9. The van der Waals surface area contributed by atoms with Crippen molar-refractivity contribution in [1.82, 2.24) is 20.3 Å². The monoisotopic (exact) mass is 473 g/mol. The molecule has 0 aromatic carbocycles. The van der Waals surface area contributed by atoms with E-state index in [4.69, 9.17) is 4.52 Å². The molecule has 146 valence electrons. The predicted molar refractivity (Wildman–Crippen MR) is 114 cm³/mol. The van der Waals surface area contributed by atoms with Gasteiger partial charge in [-0.25, -0.2) is 0 Å². The molecular weight excluding hydrogens is 441 g/mol. The van der Waals surface area contributed by atoms with Gasteiger partial charge in [0.1, 0.15) is 6.26 Å². The second-order valence-corrected chi connectivity index (χ2v) is 7.95. The van der Waals surface area contributed by atoms with E-state index >= 15 is 0 Å². The zero-order valence-corrected chi connectivity index (χ0v) is 18.1. The molecule has 0 spiro atoms.